The third-order valence-electron chi connectivity index (χ3n) is 2.48. The molecule has 0 aromatic carbocycles. The Kier molecular flexibility index (Phi) is 8.63. The lowest BCUT2D eigenvalue weighted by Gasteiger charge is -2.26. The number of amides is 1. The first-order valence-corrected chi connectivity index (χ1v) is 6.70. The fourth-order valence-corrected chi connectivity index (χ4v) is 1.42. The second-order valence-electron chi connectivity index (χ2n) is 4.94. The Hall–Kier alpha value is -1.56. The van der Waals surface area contributed by atoms with E-state index in [0.29, 0.717) is 31.8 Å². The van der Waals surface area contributed by atoms with Gasteiger partial charge in [0.25, 0.3) is 0 Å². The number of likely N-dealkylation sites (N-methyl/N-ethyl adjacent to an activating group) is 1. The third kappa shape index (κ3) is 7.78. The van der Waals surface area contributed by atoms with Gasteiger partial charge in [0, 0.05) is 18.7 Å². The zero-order valence-electron chi connectivity index (χ0n) is 13.1. The van der Waals surface area contributed by atoms with Crippen molar-refractivity contribution in [1.29, 1.82) is 0 Å². The molecule has 0 aliphatic rings. The highest BCUT2D eigenvalue weighted by Gasteiger charge is 2.20. The van der Waals surface area contributed by atoms with Crippen LogP contribution in [0.1, 0.15) is 20.8 Å². The van der Waals surface area contributed by atoms with Crippen LogP contribution in [0.2, 0.25) is 0 Å². The highest BCUT2D eigenvalue weighted by atomic mass is 16.6. The van der Waals surface area contributed by atoms with E-state index in [-0.39, 0.29) is 0 Å². The highest BCUT2D eigenvalue weighted by molar-refractivity contribution is 5.87. The molecule has 0 aromatic heterocycles. The first-order chi connectivity index (χ1) is 9.27. The summed E-state index contributed by atoms with van der Waals surface area (Å²) >= 11 is 0. The molecule has 0 aliphatic carbocycles. The summed E-state index contributed by atoms with van der Waals surface area (Å²) in [7, 11) is 3.85. The summed E-state index contributed by atoms with van der Waals surface area (Å²) < 4.78 is 10.2. The van der Waals surface area contributed by atoms with Gasteiger partial charge in [-0.2, -0.15) is 0 Å². The van der Waals surface area contributed by atoms with E-state index in [1.54, 1.807) is 25.7 Å². The molecule has 0 saturated heterocycles. The van der Waals surface area contributed by atoms with E-state index in [1.807, 2.05) is 19.0 Å². The number of nitrogens with zero attached hydrogens (tertiary/aromatic N) is 2. The molecule has 0 rings (SSSR count). The Morgan fingerprint density at radius 2 is 1.85 bits per heavy atom. The monoisotopic (exact) mass is 286 g/mol. The van der Waals surface area contributed by atoms with Gasteiger partial charge in [-0.1, -0.05) is 6.58 Å². The van der Waals surface area contributed by atoms with Crippen LogP contribution in [0.5, 0.6) is 0 Å². The summed E-state index contributed by atoms with van der Waals surface area (Å²) in [6.07, 6.45) is -0.807. The Labute approximate surface area is 121 Å². The summed E-state index contributed by atoms with van der Waals surface area (Å²) in [6.45, 7) is 10.4. The lowest BCUT2D eigenvalue weighted by atomic mass is 10.3. The lowest BCUT2D eigenvalue weighted by Crippen LogP contribution is -2.42. The summed E-state index contributed by atoms with van der Waals surface area (Å²) in [5.74, 6) is -0.450. The van der Waals surface area contributed by atoms with Gasteiger partial charge in [0.15, 0.2) is 0 Å². The Bertz CT molecular complexity index is 342. The van der Waals surface area contributed by atoms with Crippen LogP contribution < -0.4 is 0 Å². The zero-order valence-corrected chi connectivity index (χ0v) is 13.1. The molecule has 0 N–H and O–H groups in total. The molecule has 1 amide bonds. The average Bonchev–Trinajstić information content (AvgIpc) is 2.34. The van der Waals surface area contributed by atoms with E-state index >= 15 is 0 Å². The first-order valence-electron chi connectivity index (χ1n) is 6.70. The molecule has 1 atom stereocenters. The number of ether oxygens (including phenoxy) is 2. The molecule has 0 aliphatic heterocycles. The van der Waals surface area contributed by atoms with E-state index in [4.69, 9.17) is 9.47 Å². The molecule has 0 spiro atoms. The van der Waals surface area contributed by atoms with E-state index in [9.17, 15) is 9.59 Å². The van der Waals surface area contributed by atoms with Gasteiger partial charge in [-0.15, -0.1) is 0 Å². The summed E-state index contributed by atoms with van der Waals surface area (Å²) in [6, 6.07) is 0. The number of rotatable bonds is 8. The van der Waals surface area contributed by atoms with Gasteiger partial charge in [-0.3, -0.25) is 0 Å². The van der Waals surface area contributed by atoms with Crippen LogP contribution in [0.4, 0.5) is 4.79 Å². The number of carbonyl (C=O) groups is 2. The van der Waals surface area contributed by atoms with Gasteiger partial charge >= 0.3 is 12.1 Å². The second kappa shape index (κ2) is 9.36. The standard InChI is InChI=1S/C14H26N2O4/c1-7-19-14(18)16(9-8-15(5)6)10-12(4)20-13(17)11(2)3/h12H,2,7-10H2,1,3-6H3. The van der Waals surface area contributed by atoms with Crippen LogP contribution in [0.25, 0.3) is 0 Å². The van der Waals surface area contributed by atoms with Crippen molar-refractivity contribution >= 4 is 12.1 Å². The van der Waals surface area contributed by atoms with Crippen molar-refractivity contribution in [2.24, 2.45) is 0 Å². The molecular weight excluding hydrogens is 260 g/mol. The van der Waals surface area contributed by atoms with Crippen LogP contribution in [0.3, 0.4) is 0 Å². The van der Waals surface area contributed by atoms with Crippen LogP contribution in [-0.2, 0) is 14.3 Å². The smallest absolute Gasteiger partial charge is 0.409 e. The minimum absolute atomic E-state index is 0.297. The highest BCUT2D eigenvalue weighted by Crippen LogP contribution is 2.03. The van der Waals surface area contributed by atoms with Crippen molar-refractivity contribution in [3.8, 4) is 0 Å². The number of hydrogen-bond acceptors (Lipinski definition) is 5. The van der Waals surface area contributed by atoms with Crippen LogP contribution in [0.15, 0.2) is 12.2 Å². The normalized spacial score (nSPS) is 11.9. The molecule has 0 heterocycles. The fourth-order valence-electron chi connectivity index (χ4n) is 1.42. The number of hydrogen-bond donors (Lipinski definition) is 0. The van der Waals surface area contributed by atoms with Crippen molar-refractivity contribution in [1.82, 2.24) is 9.80 Å². The molecule has 116 valence electrons. The maximum Gasteiger partial charge on any atom is 0.409 e. The summed E-state index contributed by atoms with van der Waals surface area (Å²) in [5.41, 5.74) is 0.341. The molecule has 0 bridgehead atoms. The first kappa shape index (κ1) is 18.4. The molecule has 20 heavy (non-hydrogen) atoms. The minimum Gasteiger partial charge on any atom is -0.457 e. The molecule has 1 unspecified atom stereocenters. The molecule has 0 aromatic rings. The minimum atomic E-state index is -0.450. The van der Waals surface area contributed by atoms with E-state index < -0.39 is 18.2 Å². The van der Waals surface area contributed by atoms with Gasteiger partial charge in [-0.05, 0) is 34.9 Å². The maximum atomic E-state index is 11.8. The van der Waals surface area contributed by atoms with Crippen LogP contribution in [0, 0.1) is 0 Å². The number of esters is 1. The summed E-state index contributed by atoms with van der Waals surface area (Å²) in [4.78, 5) is 26.8. The topological polar surface area (TPSA) is 59.1 Å². The van der Waals surface area contributed by atoms with Gasteiger partial charge in [-0.25, -0.2) is 9.59 Å². The zero-order chi connectivity index (χ0) is 15.7. The van der Waals surface area contributed by atoms with Crippen LogP contribution >= 0.6 is 0 Å². The largest absolute Gasteiger partial charge is 0.457 e. The predicted molar refractivity (Wildman–Crippen MR) is 77.5 cm³/mol. The predicted octanol–water partition coefficient (Wildman–Crippen LogP) is 1.51. The van der Waals surface area contributed by atoms with E-state index in [2.05, 4.69) is 6.58 Å². The fraction of sp³-hybridized carbons (Fsp3) is 0.714. The van der Waals surface area contributed by atoms with E-state index in [1.165, 1.54) is 0 Å². The summed E-state index contributed by atoms with van der Waals surface area (Å²) in [5, 5.41) is 0. The van der Waals surface area contributed by atoms with Crippen molar-refractivity contribution in [3.63, 3.8) is 0 Å². The molecule has 6 heteroatoms. The molecule has 6 nitrogen and oxygen atoms in total. The average molecular weight is 286 g/mol. The third-order valence-corrected chi connectivity index (χ3v) is 2.48. The van der Waals surface area contributed by atoms with Crippen molar-refractivity contribution < 1.29 is 19.1 Å². The Morgan fingerprint density at radius 3 is 2.30 bits per heavy atom. The Morgan fingerprint density at radius 1 is 1.25 bits per heavy atom. The SMILES string of the molecule is C=C(C)C(=O)OC(C)CN(CCN(C)C)C(=O)OCC. The van der Waals surface area contributed by atoms with Crippen LogP contribution in [-0.4, -0.2) is 68.3 Å². The van der Waals surface area contributed by atoms with Crippen molar-refractivity contribution in [2.45, 2.75) is 26.9 Å². The van der Waals surface area contributed by atoms with Gasteiger partial charge in [0.1, 0.15) is 6.10 Å². The van der Waals surface area contributed by atoms with Gasteiger partial charge in [0.05, 0.1) is 13.2 Å². The van der Waals surface area contributed by atoms with E-state index in [0.717, 1.165) is 0 Å². The quantitative estimate of drug-likeness (QED) is 0.500. The molecular formula is C14H26N2O4. The maximum absolute atomic E-state index is 11.8. The van der Waals surface area contributed by atoms with Crippen molar-refractivity contribution in [3.05, 3.63) is 12.2 Å². The molecule has 0 saturated carbocycles. The van der Waals surface area contributed by atoms with Gasteiger partial charge in [0.2, 0.25) is 0 Å². The number of carbonyl (C=O) groups excluding carboxylic acids is 2. The second-order valence-corrected chi connectivity index (χ2v) is 4.94. The molecule has 0 radical (unpaired) electrons. The lowest BCUT2D eigenvalue weighted by molar-refractivity contribution is -0.144. The van der Waals surface area contributed by atoms with Gasteiger partial charge < -0.3 is 19.3 Å². The molecule has 0 fully saturated rings. The van der Waals surface area contributed by atoms with Crippen molar-refractivity contribution in [2.75, 3.05) is 40.3 Å². The Balaban J connectivity index is 4.49.